The van der Waals surface area contributed by atoms with Crippen molar-refractivity contribution in [3.8, 4) is 11.8 Å². The van der Waals surface area contributed by atoms with E-state index in [4.69, 9.17) is 26.3 Å². The number of carbonyl (C=O) groups excluding carboxylic acids is 1. The van der Waals surface area contributed by atoms with Crippen LogP contribution in [-0.2, 0) is 9.53 Å². The highest BCUT2D eigenvalue weighted by Crippen LogP contribution is 2.29. The van der Waals surface area contributed by atoms with E-state index in [9.17, 15) is 4.79 Å². The minimum atomic E-state index is -1.18. The molecule has 2 atom stereocenters. The summed E-state index contributed by atoms with van der Waals surface area (Å²) in [6, 6.07) is 8.87. The smallest absolute Gasteiger partial charge is 0.292 e. The number of rotatable bonds is 4. The molecule has 2 rings (SSSR count). The van der Waals surface area contributed by atoms with Gasteiger partial charge in [0.05, 0.1) is 13.2 Å². The molecule has 1 aliphatic rings. The molecule has 1 amide bonds. The topological polar surface area (TPSA) is 71.7 Å². The Bertz CT molecular complexity index is 591. The Labute approximate surface area is 121 Å². The van der Waals surface area contributed by atoms with Crippen LogP contribution in [0.5, 0.6) is 5.75 Å². The Hall–Kier alpha value is -2.06. The molecular formula is C14H13ClN2O3. The van der Waals surface area contributed by atoms with Crippen LogP contribution < -0.4 is 4.74 Å². The molecule has 0 spiro atoms. The zero-order valence-corrected chi connectivity index (χ0v) is 11.8. The van der Waals surface area contributed by atoms with Crippen LogP contribution in [0.15, 0.2) is 29.3 Å². The second-order valence-electron chi connectivity index (χ2n) is 4.58. The lowest BCUT2D eigenvalue weighted by atomic mass is 10.00. The molecule has 20 heavy (non-hydrogen) atoms. The first-order valence-corrected chi connectivity index (χ1v) is 6.42. The Morgan fingerprint density at radius 1 is 1.50 bits per heavy atom. The van der Waals surface area contributed by atoms with Gasteiger partial charge in [0.15, 0.2) is 5.60 Å². The van der Waals surface area contributed by atoms with Crippen LogP contribution >= 0.6 is 11.6 Å². The number of carbonyl (C=O) groups is 1. The number of alkyl halides is 1. The molecule has 0 aliphatic carbocycles. The number of halogens is 1. The number of hydrogen-bond donors (Lipinski definition) is 0. The third-order valence-electron chi connectivity index (χ3n) is 3.02. The Morgan fingerprint density at radius 2 is 2.15 bits per heavy atom. The number of hydrogen-bond acceptors (Lipinski definition) is 4. The lowest BCUT2D eigenvalue weighted by Gasteiger charge is -2.21. The molecule has 1 heterocycles. The molecule has 1 aliphatic heterocycles. The van der Waals surface area contributed by atoms with Gasteiger partial charge in [-0.15, -0.1) is 11.6 Å². The fourth-order valence-corrected chi connectivity index (χ4v) is 2.16. The van der Waals surface area contributed by atoms with Crippen molar-refractivity contribution in [2.24, 2.45) is 4.99 Å². The lowest BCUT2D eigenvalue weighted by Crippen LogP contribution is -2.36. The monoisotopic (exact) mass is 292 g/mol. The quantitative estimate of drug-likeness (QED) is 0.798. The number of ether oxygens (including phenoxy) is 2. The van der Waals surface area contributed by atoms with E-state index >= 15 is 0 Å². The predicted molar refractivity (Wildman–Crippen MR) is 73.9 cm³/mol. The predicted octanol–water partition coefficient (Wildman–Crippen LogP) is 2.28. The molecule has 6 heteroatoms. The van der Waals surface area contributed by atoms with E-state index in [-0.39, 0.29) is 12.3 Å². The van der Waals surface area contributed by atoms with E-state index in [1.165, 1.54) is 0 Å². The summed E-state index contributed by atoms with van der Waals surface area (Å²) in [5.74, 6) is 0.512. The van der Waals surface area contributed by atoms with Gasteiger partial charge >= 0.3 is 0 Å². The summed E-state index contributed by atoms with van der Waals surface area (Å²) < 4.78 is 10.7. The van der Waals surface area contributed by atoms with Gasteiger partial charge in [-0.2, -0.15) is 10.3 Å². The number of amides is 1. The van der Waals surface area contributed by atoms with Crippen LogP contribution in [-0.4, -0.2) is 29.9 Å². The highest BCUT2D eigenvalue weighted by atomic mass is 35.5. The minimum Gasteiger partial charge on any atom is -0.497 e. The van der Waals surface area contributed by atoms with Crippen LogP contribution in [0.4, 0.5) is 0 Å². The first-order chi connectivity index (χ1) is 9.48. The van der Waals surface area contributed by atoms with Crippen LogP contribution in [0.1, 0.15) is 18.9 Å². The SMILES string of the molecule is COc1ccc(C2=NC(=O)[C@](C)(CC(Cl)C#N)O2)cc1. The average Bonchev–Trinajstić information content (AvgIpc) is 2.74. The fourth-order valence-electron chi connectivity index (χ4n) is 1.86. The third kappa shape index (κ3) is 2.75. The standard InChI is InChI=1S/C14H13ClN2O3/c1-14(7-10(15)8-16)13(18)17-12(20-14)9-3-5-11(19-2)6-4-9/h3-6,10H,7H2,1-2H3/t10?,14-/m0/s1. The Kier molecular flexibility index (Phi) is 3.96. The van der Waals surface area contributed by atoms with Crippen molar-refractivity contribution < 1.29 is 14.3 Å². The summed E-state index contributed by atoms with van der Waals surface area (Å²) >= 11 is 5.77. The van der Waals surface area contributed by atoms with Crippen LogP contribution in [0.3, 0.4) is 0 Å². The van der Waals surface area contributed by atoms with Gasteiger partial charge in [-0.05, 0) is 31.2 Å². The molecule has 104 valence electrons. The highest BCUT2D eigenvalue weighted by molar-refractivity contribution is 6.22. The zero-order valence-electron chi connectivity index (χ0n) is 11.1. The largest absolute Gasteiger partial charge is 0.497 e. The molecule has 0 N–H and O–H groups in total. The molecule has 1 unspecified atom stereocenters. The first kappa shape index (κ1) is 14.4. The van der Waals surface area contributed by atoms with E-state index in [0.717, 1.165) is 0 Å². The van der Waals surface area contributed by atoms with Gasteiger partial charge in [0.25, 0.3) is 5.91 Å². The molecule has 0 bridgehead atoms. The average molecular weight is 293 g/mol. The van der Waals surface area contributed by atoms with Crippen LogP contribution in [0.25, 0.3) is 0 Å². The zero-order chi connectivity index (χ0) is 14.8. The molecule has 0 aromatic heterocycles. The summed E-state index contributed by atoms with van der Waals surface area (Å²) in [5, 5.41) is 7.94. The summed E-state index contributed by atoms with van der Waals surface area (Å²) in [7, 11) is 1.57. The van der Waals surface area contributed by atoms with Gasteiger partial charge in [0.2, 0.25) is 5.90 Å². The maximum Gasteiger partial charge on any atom is 0.292 e. The van der Waals surface area contributed by atoms with Crippen LogP contribution in [0, 0.1) is 11.3 Å². The second kappa shape index (κ2) is 5.51. The van der Waals surface area contributed by atoms with Crippen molar-refractivity contribution >= 4 is 23.4 Å². The van der Waals surface area contributed by atoms with E-state index in [1.807, 2.05) is 6.07 Å². The number of methoxy groups -OCH3 is 1. The Balaban J connectivity index is 2.18. The number of nitriles is 1. The van der Waals surface area contributed by atoms with E-state index in [1.54, 1.807) is 38.3 Å². The molecule has 0 saturated carbocycles. The van der Waals surface area contributed by atoms with Gasteiger partial charge in [0, 0.05) is 12.0 Å². The maximum atomic E-state index is 11.9. The minimum absolute atomic E-state index is 0.0903. The molecule has 0 radical (unpaired) electrons. The van der Waals surface area contributed by atoms with Crippen LogP contribution in [0.2, 0.25) is 0 Å². The summed E-state index contributed by atoms with van der Waals surface area (Å²) in [6.45, 7) is 1.59. The number of benzene rings is 1. The summed E-state index contributed by atoms with van der Waals surface area (Å²) in [6.07, 6.45) is 0.0903. The second-order valence-corrected chi connectivity index (χ2v) is 5.11. The van der Waals surface area contributed by atoms with E-state index < -0.39 is 16.9 Å². The van der Waals surface area contributed by atoms with Crippen molar-refractivity contribution in [3.63, 3.8) is 0 Å². The lowest BCUT2D eigenvalue weighted by molar-refractivity contribution is -0.129. The van der Waals surface area contributed by atoms with Crippen molar-refractivity contribution in [2.75, 3.05) is 7.11 Å². The summed E-state index contributed by atoms with van der Waals surface area (Å²) in [5.41, 5.74) is -0.511. The van der Waals surface area contributed by atoms with E-state index in [0.29, 0.717) is 11.3 Å². The van der Waals surface area contributed by atoms with Crippen molar-refractivity contribution in [1.29, 1.82) is 5.26 Å². The Morgan fingerprint density at radius 3 is 2.70 bits per heavy atom. The van der Waals surface area contributed by atoms with Crippen molar-refractivity contribution in [1.82, 2.24) is 0 Å². The maximum absolute atomic E-state index is 11.9. The van der Waals surface area contributed by atoms with Gasteiger partial charge < -0.3 is 9.47 Å². The number of aliphatic imine (C=N–C) groups is 1. The van der Waals surface area contributed by atoms with Gasteiger partial charge in [0.1, 0.15) is 11.1 Å². The number of nitrogens with zero attached hydrogens (tertiary/aromatic N) is 2. The molecule has 1 aromatic rings. The fraction of sp³-hybridized carbons (Fsp3) is 0.357. The van der Waals surface area contributed by atoms with Gasteiger partial charge in [-0.25, -0.2) is 0 Å². The van der Waals surface area contributed by atoms with Crippen molar-refractivity contribution in [2.45, 2.75) is 24.3 Å². The molecule has 1 aromatic carbocycles. The highest BCUT2D eigenvalue weighted by Gasteiger charge is 2.43. The third-order valence-corrected chi connectivity index (χ3v) is 3.28. The van der Waals surface area contributed by atoms with E-state index in [2.05, 4.69) is 4.99 Å². The van der Waals surface area contributed by atoms with Gasteiger partial charge in [-0.3, -0.25) is 4.79 Å². The normalized spacial score (nSPS) is 22.7. The molecular weight excluding hydrogens is 280 g/mol. The first-order valence-electron chi connectivity index (χ1n) is 5.99. The van der Waals surface area contributed by atoms with Gasteiger partial charge in [-0.1, -0.05) is 0 Å². The molecule has 0 fully saturated rings. The van der Waals surface area contributed by atoms with Crippen molar-refractivity contribution in [3.05, 3.63) is 29.8 Å². The summed E-state index contributed by atoms with van der Waals surface area (Å²) in [4.78, 5) is 15.9. The molecule has 5 nitrogen and oxygen atoms in total. The molecule has 0 saturated heterocycles.